The predicted octanol–water partition coefficient (Wildman–Crippen LogP) is 5.40. The predicted molar refractivity (Wildman–Crippen MR) is 158 cm³/mol. The van der Waals surface area contributed by atoms with Gasteiger partial charge in [-0.05, 0) is 44.3 Å². The normalized spacial score (nSPS) is 11.1. The van der Waals surface area contributed by atoms with Gasteiger partial charge in [0.15, 0.2) is 23.0 Å². The second-order valence-corrected chi connectivity index (χ2v) is 9.41. The molecule has 1 heterocycles. The molecule has 3 aromatic carbocycles. The summed E-state index contributed by atoms with van der Waals surface area (Å²) < 4.78 is 23.3. The van der Waals surface area contributed by atoms with Gasteiger partial charge in [-0.2, -0.15) is 0 Å². The molecule has 0 amide bonds. The molecule has 0 radical (unpaired) electrons. The highest BCUT2D eigenvalue weighted by Gasteiger charge is 2.16. The highest BCUT2D eigenvalue weighted by Crippen LogP contribution is 2.38. The summed E-state index contributed by atoms with van der Waals surface area (Å²) in [5.74, 6) is 1.51. The smallest absolute Gasteiger partial charge is 0.328 e. The van der Waals surface area contributed by atoms with E-state index in [0.29, 0.717) is 64.2 Å². The molecule has 10 heteroatoms. The van der Waals surface area contributed by atoms with Gasteiger partial charge in [-0.1, -0.05) is 30.3 Å². The highest BCUT2D eigenvalue weighted by atomic mass is 16.5. The van der Waals surface area contributed by atoms with Gasteiger partial charge in [0.2, 0.25) is 0 Å². The first-order valence-electron chi connectivity index (χ1n) is 13.0. The molecule has 0 fully saturated rings. The number of hydrogen-bond acceptors (Lipinski definition) is 9. The van der Waals surface area contributed by atoms with Crippen LogP contribution in [0, 0.1) is 0 Å². The Kier molecular flexibility index (Phi) is 9.95. The summed E-state index contributed by atoms with van der Waals surface area (Å²) in [6.45, 7) is 1.73. The molecule has 4 aromatic rings. The zero-order valence-corrected chi connectivity index (χ0v) is 23.6. The number of nitrogens with one attached hydrogen (secondary N) is 1. The molecule has 0 aliphatic carbocycles. The third-order valence-electron chi connectivity index (χ3n) is 6.16. The minimum Gasteiger partial charge on any atom is -0.493 e. The monoisotopic (exact) mass is 558 g/mol. The Morgan fingerprint density at radius 3 is 2.39 bits per heavy atom. The fourth-order valence-electron chi connectivity index (χ4n) is 4.12. The number of methoxy groups -OCH3 is 2. The van der Waals surface area contributed by atoms with Crippen molar-refractivity contribution in [1.82, 2.24) is 14.9 Å². The first kappa shape index (κ1) is 29.2. The molecule has 41 heavy (non-hydrogen) atoms. The minimum atomic E-state index is -1.07. The largest absolute Gasteiger partial charge is 0.493 e. The van der Waals surface area contributed by atoms with Crippen molar-refractivity contribution < 1.29 is 28.8 Å². The SMILES string of the molecule is COc1cc2ncnc(Nc3cc(OCc4ccccc4)c(OC)cc3/C=C/C(=O)O)c2cc1OCCCN(C)C. The Bertz CT molecular complexity index is 1510. The lowest BCUT2D eigenvalue weighted by molar-refractivity contribution is -0.131. The summed E-state index contributed by atoms with van der Waals surface area (Å²) in [6, 6.07) is 16.9. The number of benzene rings is 3. The Balaban J connectivity index is 1.71. The standard InChI is InChI=1S/C31H34N4O6/c1-35(2)13-8-14-40-28-16-23-25(18-27(28)39-4)32-20-33-31(23)34-24-17-29(41-19-21-9-6-5-7-10-21)26(38-3)15-22(24)11-12-30(36)37/h5-7,9-12,15-18,20H,8,13-14,19H2,1-4H3,(H,36,37)(H,32,33,34)/b12-11+. The lowest BCUT2D eigenvalue weighted by atomic mass is 10.1. The quantitative estimate of drug-likeness (QED) is 0.154. The second kappa shape index (κ2) is 14.0. The third kappa shape index (κ3) is 7.86. The van der Waals surface area contributed by atoms with Gasteiger partial charge in [0.1, 0.15) is 18.8 Å². The van der Waals surface area contributed by atoms with Crippen LogP contribution in [0.15, 0.2) is 67.0 Å². The maximum Gasteiger partial charge on any atom is 0.328 e. The minimum absolute atomic E-state index is 0.325. The number of hydrogen-bond donors (Lipinski definition) is 2. The van der Waals surface area contributed by atoms with Crippen LogP contribution in [0.1, 0.15) is 17.5 Å². The first-order valence-corrected chi connectivity index (χ1v) is 13.0. The molecule has 214 valence electrons. The van der Waals surface area contributed by atoms with Crippen LogP contribution in [0.5, 0.6) is 23.0 Å². The number of aromatic nitrogens is 2. The molecule has 2 N–H and O–H groups in total. The Labute approximate surface area is 239 Å². The van der Waals surface area contributed by atoms with Crippen LogP contribution < -0.4 is 24.3 Å². The van der Waals surface area contributed by atoms with Crippen molar-refractivity contribution in [2.45, 2.75) is 13.0 Å². The van der Waals surface area contributed by atoms with Gasteiger partial charge in [-0.3, -0.25) is 0 Å². The van der Waals surface area contributed by atoms with E-state index in [9.17, 15) is 9.90 Å². The summed E-state index contributed by atoms with van der Waals surface area (Å²) in [6.07, 6.45) is 4.85. The van der Waals surface area contributed by atoms with Gasteiger partial charge in [0.05, 0.1) is 32.0 Å². The van der Waals surface area contributed by atoms with Gasteiger partial charge in [0.25, 0.3) is 0 Å². The fourth-order valence-corrected chi connectivity index (χ4v) is 4.12. The van der Waals surface area contributed by atoms with Crippen molar-refractivity contribution in [3.05, 3.63) is 78.1 Å². The number of anilines is 2. The summed E-state index contributed by atoms with van der Waals surface area (Å²) in [5.41, 5.74) is 2.77. The van der Waals surface area contributed by atoms with E-state index in [1.807, 2.05) is 50.5 Å². The average Bonchev–Trinajstić information content (AvgIpc) is 2.97. The van der Waals surface area contributed by atoms with E-state index in [4.69, 9.17) is 18.9 Å². The number of fused-ring (bicyclic) bond motifs is 1. The lowest BCUT2D eigenvalue weighted by Gasteiger charge is -2.17. The number of ether oxygens (including phenoxy) is 4. The molecule has 1 aromatic heterocycles. The van der Waals surface area contributed by atoms with Gasteiger partial charge >= 0.3 is 5.97 Å². The maximum absolute atomic E-state index is 11.3. The Hall–Kier alpha value is -4.83. The van der Waals surface area contributed by atoms with E-state index >= 15 is 0 Å². The van der Waals surface area contributed by atoms with Crippen molar-refractivity contribution in [1.29, 1.82) is 0 Å². The number of nitrogens with zero attached hydrogens (tertiary/aromatic N) is 3. The molecule has 0 aliphatic rings. The van der Waals surface area contributed by atoms with E-state index in [1.54, 1.807) is 25.3 Å². The zero-order chi connectivity index (χ0) is 29.2. The molecular weight excluding hydrogens is 524 g/mol. The van der Waals surface area contributed by atoms with Crippen LogP contribution in [0.2, 0.25) is 0 Å². The van der Waals surface area contributed by atoms with E-state index in [-0.39, 0.29) is 0 Å². The van der Waals surface area contributed by atoms with Gasteiger partial charge in [-0.25, -0.2) is 14.8 Å². The van der Waals surface area contributed by atoms with Crippen molar-refractivity contribution in [3.8, 4) is 23.0 Å². The number of carbonyl (C=O) groups is 1. The molecule has 4 rings (SSSR count). The van der Waals surface area contributed by atoms with Crippen LogP contribution in [-0.2, 0) is 11.4 Å². The third-order valence-corrected chi connectivity index (χ3v) is 6.16. The molecular formula is C31H34N4O6. The van der Waals surface area contributed by atoms with Gasteiger partial charge < -0.3 is 34.3 Å². The summed E-state index contributed by atoms with van der Waals surface area (Å²) in [5, 5.41) is 13.3. The Morgan fingerprint density at radius 2 is 1.68 bits per heavy atom. The second-order valence-electron chi connectivity index (χ2n) is 9.41. The molecule has 0 aliphatic heterocycles. The van der Waals surface area contributed by atoms with E-state index in [2.05, 4.69) is 20.2 Å². The molecule has 0 saturated heterocycles. The highest BCUT2D eigenvalue weighted by molar-refractivity contribution is 5.94. The van der Waals surface area contributed by atoms with E-state index in [1.165, 1.54) is 19.5 Å². The van der Waals surface area contributed by atoms with E-state index in [0.717, 1.165) is 24.6 Å². The molecule has 0 saturated carbocycles. The first-order chi connectivity index (χ1) is 19.9. The number of carboxylic acid groups (broad SMARTS) is 1. The van der Waals surface area contributed by atoms with Crippen LogP contribution in [-0.4, -0.2) is 67.4 Å². The fraction of sp³-hybridized carbons (Fsp3) is 0.258. The van der Waals surface area contributed by atoms with Crippen LogP contribution in [0.4, 0.5) is 11.5 Å². The van der Waals surface area contributed by atoms with Crippen LogP contribution in [0.25, 0.3) is 17.0 Å². The molecule has 0 atom stereocenters. The topological polar surface area (TPSA) is 115 Å². The van der Waals surface area contributed by atoms with Crippen LogP contribution >= 0.6 is 0 Å². The van der Waals surface area contributed by atoms with Crippen molar-refractivity contribution in [2.24, 2.45) is 0 Å². The summed E-state index contributed by atoms with van der Waals surface area (Å²) in [7, 11) is 7.16. The van der Waals surface area contributed by atoms with Gasteiger partial charge in [-0.15, -0.1) is 0 Å². The van der Waals surface area contributed by atoms with Crippen molar-refractivity contribution >= 4 is 34.5 Å². The van der Waals surface area contributed by atoms with Crippen LogP contribution in [0.3, 0.4) is 0 Å². The van der Waals surface area contributed by atoms with Crippen molar-refractivity contribution in [3.63, 3.8) is 0 Å². The molecule has 0 bridgehead atoms. The van der Waals surface area contributed by atoms with Gasteiger partial charge in [0, 0.05) is 35.7 Å². The average molecular weight is 559 g/mol. The Morgan fingerprint density at radius 1 is 0.951 bits per heavy atom. The number of carboxylic acids is 1. The van der Waals surface area contributed by atoms with E-state index < -0.39 is 5.97 Å². The zero-order valence-electron chi connectivity index (χ0n) is 23.6. The molecule has 0 unspecified atom stereocenters. The lowest BCUT2D eigenvalue weighted by Crippen LogP contribution is -2.15. The number of aliphatic carboxylic acids is 1. The summed E-state index contributed by atoms with van der Waals surface area (Å²) in [4.78, 5) is 22.3. The molecule has 10 nitrogen and oxygen atoms in total. The maximum atomic E-state index is 11.3. The number of rotatable bonds is 14. The van der Waals surface area contributed by atoms with Crippen molar-refractivity contribution in [2.75, 3.05) is 46.8 Å². The molecule has 0 spiro atoms. The summed E-state index contributed by atoms with van der Waals surface area (Å²) >= 11 is 0.